The molecule has 1 nitrogen and oxygen atoms in total. The van der Waals surface area contributed by atoms with Gasteiger partial charge in [0.1, 0.15) is 0 Å². The van der Waals surface area contributed by atoms with Gasteiger partial charge >= 0.3 is 0 Å². The third-order valence-corrected chi connectivity index (χ3v) is 3.76. The normalized spacial score (nSPS) is 20.6. The summed E-state index contributed by atoms with van der Waals surface area (Å²) in [7, 11) is 0. The highest BCUT2D eigenvalue weighted by atomic mass is 14.9. The lowest BCUT2D eigenvalue weighted by molar-refractivity contribution is 0.400. The molecule has 17 heavy (non-hydrogen) atoms. The van der Waals surface area contributed by atoms with E-state index < -0.39 is 0 Å². The van der Waals surface area contributed by atoms with Gasteiger partial charge in [-0.25, -0.2) is 0 Å². The molecule has 2 aromatic carbocycles. The predicted molar refractivity (Wildman–Crippen MR) is 73.3 cm³/mol. The van der Waals surface area contributed by atoms with Crippen molar-refractivity contribution in [2.24, 2.45) is 0 Å². The molecule has 0 amide bonds. The van der Waals surface area contributed by atoms with Crippen LogP contribution < -0.4 is 5.32 Å². The Morgan fingerprint density at radius 3 is 2.76 bits per heavy atom. The smallest absolute Gasteiger partial charge is 0.0108 e. The second kappa shape index (κ2) is 4.89. The van der Waals surface area contributed by atoms with E-state index >= 15 is 0 Å². The molecular weight excluding hydrogens is 206 g/mol. The highest BCUT2D eigenvalue weighted by molar-refractivity contribution is 5.85. The van der Waals surface area contributed by atoms with E-state index in [-0.39, 0.29) is 0 Å². The van der Waals surface area contributed by atoms with Crippen molar-refractivity contribution in [3.8, 4) is 0 Å². The number of rotatable bonds is 2. The zero-order valence-corrected chi connectivity index (χ0v) is 10.2. The Kier molecular flexibility index (Phi) is 3.10. The second-order valence-electron chi connectivity index (χ2n) is 4.99. The number of fused-ring (bicyclic) bond motifs is 1. The summed E-state index contributed by atoms with van der Waals surface area (Å²) in [4.78, 5) is 0. The number of nitrogens with one attached hydrogen (secondary N) is 1. The van der Waals surface area contributed by atoms with Crippen LogP contribution in [0, 0.1) is 0 Å². The molecule has 1 fully saturated rings. The van der Waals surface area contributed by atoms with Crippen LogP contribution in [0.15, 0.2) is 42.5 Å². The Bertz CT molecular complexity index is 492. The lowest BCUT2D eigenvalue weighted by Crippen LogP contribution is -2.35. The van der Waals surface area contributed by atoms with Gasteiger partial charge in [0.25, 0.3) is 0 Å². The van der Waals surface area contributed by atoms with Gasteiger partial charge in [-0.2, -0.15) is 0 Å². The molecule has 1 aliphatic heterocycles. The van der Waals surface area contributed by atoms with Crippen molar-refractivity contribution in [2.45, 2.75) is 31.7 Å². The van der Waals surface area contributed by atoms with Crippen molar-refractivity contribution in [1.82, 2.24) is 5.32 Å². The highest BCUT2D eigenvalue weighted by Gasteiger charge is 2.13. The lowest BCUT2D eigenvalue weighted by Gasteiger charge is -2.24. The van der Waals surface area contributed by atoms with Crippen LogP contribution in [0.2, 0.25) is 0 Å². The summed E-state index contributed by atoms with van der Waals surface area (Å²) in [5.41, 5.74) is 1.49. The van der Waals surface area contributed by atoms with E-state index in [0.717, 1.165) is 0 Å². The van der Waals surface area contributed by atoms with Crippen LogP contribution in [0.5, 0.6) is 0 Å². The van der Waals surface area contributed by atoms with E-state index in [4.69, 9.17) is 0 Å². The van der Waals surface area contributed by atoms with Crippen molar-refractivity contribution in [2.75, 3.05) is 6.54 Å². The highest BCUT2D eigenvalue weighted by Crippen LogP contribution is 2.21. The van der Waals surface area contributed by atoms with Crippen LogP contribution >= 0.6 is 0 Å². The minimum absolute atomic E-state index is 0.676. The molecule has 2 aromatic rings. The molecule has 0 unspecified atom stereocenters. The Morgan fingerprint density at radius 2 is 1.88 bits per heavy atom. The maximum atomic E-state index is 3.63. The molecule has 0 bridgehead atoms. The quantitative estimate of drug-likeness (QED) is 0.824. The topological polar surface area (TPSA) is 12.0 Å². The first-order valence-corrected chi connectivity index (χ1v) is 6.63. The minimum Gasteiger partial charge on any atom is -0.314 e. The van der Waals surface area contributed by atoms with Crippen LogP contribution in [0.3, 0.4) is 0 Å². The fraction of sp³-hybridized carbons (Fsp3) is 0.375. The average Bonchev–Trinajstić information content (AvgIpc) is 2.40. The molecule has 0 saturated carbocycles. The molecule has 0 aromatic heterocycles. The maximum Gasteiger partial charge on any atom is 0.0108 e. The molecule has 1 aliphatic rings. The summed E-state index contributed by atoms with van der Waals surface area (Å²) in [6.07, 6.45) is 5.21. The first-order chi connectivity index (χ1) is 8.43. The number of benzene rings is 2. The van der Waals surface area contributed by atoms with Crippen molar-refractivity contribution in [3.63, 3.8) is 0 Å². The standard InChI is InChI=1S/C16H19N/c1-2-10-16-13(6-1)7-5-8-14(16)12-15-9-3-4-11-17-15/h1-2,5-8,10,15,17H,3-4,9,11-12H2/t15-/m1/s1. The van der Waals surface area contributed by atoms with Gasteiger partial charge in [-0.3, -0.25) is 0 Å². The SMILES string of the molecule is c1ccc2c(C[C@H]3CCCCN3)cccc2c1. The van der Waals surface area contributed by atoms with E-state index in [9.17, 15) is 0 Å². The Labute approximate surface area is 103 Å². The van der Waals surface area contributed by atoms with Crippen LogP contribution in [-0.2, 0) is 6.42 Å². The molecule has 0 aliphatic carbocycles. The second-order valence-corrected chi connectivity index (χ2v) is 4.99. The van der Waals surface area contributed by atoms with Crippen LogP contribution in [-0.4, -0.2) is 12.6 Å². The summed E-state index contributed by atoms with van der Waals surface area (Å²) in [6.45, 7) is 1.19. The summed E-state index contributed by atoms with van der Waals surface area (Å²) >= 11 is 0. The van der Waals surface area contributed by atoms with Crippen LogP contribution in [0.4, 0.5) is 0 Å². The Hall–Kier alpha value is -1.34. The summed E-state index contributed by atoms with van der Waals surface area (Å²) in [5.74, 6) is 0. The first kappa shape index (κ1) is 10.8. The zero-order valence-electron chi connectivity index (χ0n) is 10.2. The molecule has 1 heteroatoms. The van der Waals surface area contributed by atoms with Crippen molar-refractivity contribution in [1.29, 1.82) is 0 Å². The fourth-order valence-electron chi connectivity index (χ4n) is 2.83. The molecule has 1 heterocycles. The van der Waals surface area contributed by atoms with Gasteiger partial charge in [0.05, 0.1) is 0 Å². The third kappa shape index (κ3) is 2.34. The summed E-state index contributed by atoms with van der Waals surface area (Å²) in [5, 5.41) is 6.41. The van der Waals surface area contributed by atoms with Crippen molar-refractivity contribution in [3.05, 3.63) is 48.0 Å². The molecule has 1 N–H and O–H groups in total. The maximum absolute atomic E-state index is 3.63. The largest absolute Gasteiger partial charge is 0.314 e. The fourth-order valence-corrected chi connectivity index (χ4v) is 2.83. The van der Waals surface area contributed by atoms with Crippen LogP contribution in [0.25, 0.3) is 10.8 Å². The Balaban J connectivity index is 1.89. The van der Waals surface area contributed by atoms with Crippen molar-refractivity contribution >= 4 is 10.8 Å². The molecule has 1 atom stereocenters. The molecular formula is C16H19N. The van der Waals surface area contributed by atoms with E-state index in [1.807, 2.05) is 0 Å². The van der Waals surface area contributed by atoms with E-state index in [1.54, 1.807) is 0 Å². The summed E-state index contributed by atoms with van der Waals surface area (Å²) in [6, 6.07) is 16.0. The van der Waals surface area contributed by atoms with Gasteiger partial charge < -0.3 is 5.32 Å². The molecule has 1 saturated heterocycles. The zero-order chi connectivity index (χ0) is 11.5. The number of piperidine rings is 1. The van der Waals surface area contributed by atoms with Gasteiger partial charge in [-0.15, -0.1) is 0 Å². The average molecular weight is 225 g/mol. The van der Waals surface area contributed by atoms with Gasteiger partial charge in [0.15, 0.2) is 0 Å². The number of hydrogen-bond acceptors (Lipinski definition) is 1. The van der Waals surface area contributed by atoms with Crippen molar-refractivity contribution < 1.29 is 0 Å². The van der Waals surface area contributed by atoms with E-state index in [2.05, 4.69) is 47.8 Å². The predicted octanol–water partition coefficient (Wildman–Crippen LogP) is 3.52. The van der Waals surface area contributed by atoms with Gasteiger partial charge in [-0.05, 0) is 42.1 Å². The molecule has 88 valence electrons. The molecule has 0 radical (unpaired) electrons. The minimum atomic E-state index is 0.676. The number of hydrogen-bond donors (Lipinski definition) is 1. The van der Waals surface area contributed by atoms with Crippen LogP contribution in [0.1, 0.15) is 24.8 Å². The van der Waals surface area contributed by atoms with Gasteiger partial charge in [0.2, 0.25) is 0 Å². The van der Waals surface area contributed by atoms with Gasteiger partial charge in [0, 0.05) is 6.04 Å². The van der Waals surface area contributed by atoms with E-state index in [0.29, 0.717) is 6.04 Å². The third-order valence-electron chi connectivity index (χ3n) is 3.76. The monoisotopic (exact) mass is 225 g/mol. The van der Waals surface area contributed by atoms with Gasteiger partial charge in [-0.1, -0.05) is 48.9 Å². The summed E-state index contributed by atoms with van der Waals surface area (Å²) < 4.78 is 0. The lowest BCUT2D eigenvalue weighted by atomic mass is 9.94. The molecule has 3 rings (SSSR count). The van der Waals surface area contributed by atoms with E-state index in [1.165, 1.54) is 48.6 Å². The Morgan fingerprint density at radius 1 is 1.00 bits per heavy atom. The first-order valence-electron chi connectivity index (χ1n) is 6.63. The molecule has 0 spiro atoms.